The summed E-state index contributed by atoms with van der Waals surface area (Å²) in [5, 5.41) is 5.09. The number of rotatable bonds is 4. The van der Waals surface area contributed by atoms with Crippen LogP contribution in [0.2, 0.25) is 0 Å². The number of hydrogen-bond donors (Lipinski definition) is 1. The monoisotopic (exact) mass is 392 g/mol. The molecule has 146 valence electrons. The van der Waals surface area contributed by atoms with E-state index in [4.69, 9.17) is 0 Å². The van der Waals surface area contributed by atoms with Gasteiger partial charge in [0, 0.05) is 30.6 Å². The number of anilines is 1. The minimum Gasteiger partial charge on any atom is -0.367 e. The van der Waals surface area contributed by atoms with Crippen molar-refractivity contribution in [2.45, 2.75) is 58.0 Å². The predicted octanol–water partition coefficient (Wildman–Crippen LogP) is 4.96. The zero-order valence-corrected chi connectivity index (χ0v) is 17.4. The Hall–Kier alpha value is -1.98. The van der Waals surface area contributed by atoms with Crippen LogP contribution in [0.5, 0.6) is 0 Å². The Kier molecular flexibility index (Phi) is 5.03. The maximum absolute atomic E-state index is 4.65. The lowest BCUT2D eigenvalue weighted by atomic mass is 9.96. The molecule has 5 heteroatoms. The van der Waals surface area contributed by atoms with Crippen molar-refractivity contribution in [3.8, 4) is 0 Å². The normalized spacial score (nSPS) is 18.3. The van der Waals surface area contributed by atoms with Gasteiger partial charge in [-0.1, -0.05) is 29.8 Å². The van der Waals surface area contributed by atoms with Gasteiger partial charge in [-0.25, -0.2) is 9.97 Å². The minimum atomic E-state index is 0.506. The topological polar surface area (TPSA) is 41.0 Å². The average Bonchev–Trinajstić information content (AvgIpc) is 3.11. The summed E-state index contributed by atoms with van der Waals surface area (Å²) in [7, 11) is 0. The van der Waals surface area contributed by atoms with Gasteiger partial charge in [-0.05, 0) is 56.6 Å². The molecule has 0 spiro atoms. The number of thiophene rings is 1. The quantitative estimate of drug-likeness (QED) is 0.682. The first kappa shape index (κ1) is 18.1. The number of nitrogens with one attached hydrogen (secondary N) is 1. The van der Waals surface area contributed by atoms with Crippen LogP contribution in [0.15, 0.2) is 30.6 Å². The molecule has 4 nitrogen and oxygen atoms in total. The molecule has 1 aliphatic heterocycles. The van der Waals surface area contributed by atoms with Crippen molar-refractivity contribution in [2.75, 3.05) is 18.4 Å². The Labute approximate surface area is 171 Å². The Morgan fingerprint density at radius 3 is 2.68 bits per heavy atom. The molecule has 28 heavy (non-hydrogen) atoms. The van der Waals surface area contributed by atoms with Crippen LogP contribution in [-0.4, -0.2) is 34.0 Å². The van der Waals surface area contributed by atoms with Gasteiger partial charge in [0.05, 0.1) is 5.39 Å². The zero-order valence-electron chi connectivity index (χ0n) is 16.6. The summed E-state index contributed by atoms with van der Waals surface area (Å²) in [5.41, 5.74) is 4.27. The summed E-state index contributed by atoms with van der Waals surface area (Å²) >= 11 is 1.88. The third-order valence-corrected chi connectivity index (χ3v) is 7.41. The second-order valence-electron chi connectivity index (χ2n) is 8.29. The number of fused-ring (bicyclic) bond motifs is 3. The Bertz CT molecular complexity index is 955. The molecule has 0 unspecified atom stereocenters. The highest BCUT2D eigenvalue weighted by atomic mass is 32.1. The van der Waals surface area contributed by atoms with Gasteiger partial charge in [0.1, 0.15) is 17.0 Å². The zero-order chi connectivity index (χ0) is 18.9. The van der Waals surface area contributed by atoms with Crippen LogP contribution in [0.25, 0.3) is 10.2 Å². The van der Waals surface area contributed by atoms with Gasteiger partial charge in [-0.3, -0.25) is 4.90 Å². The molecule has 1 aromatic carbocycles. The molecule has 3 aromatic rings. The van der Waals surface area contributed by atoms with Gasteiger partial charge in [-0.15, -0.1) is 11.3 Å². The molecule has 1 fully saturated rings. The molecule has 2 aromatic heterocycles. The number of aryl methyl sites for hydroxylation is 3. The van der Waals surface area contributed by atoms with Crippen LogP contribution in [0.1, 0.15) is 47.3 Å². The molecule has 0 saturated carbocycles. The minimum absolute atomic E-state index is 0.506. The van der Waals surface area contributed by atoms with E-state index in [1.54, 1.807) is 6.33 Å². The lowest BCUT2D eigenvalue weighted by Crippen LogP contribution is -2.38. The third-order valence-electron chi connectivity index (χ3n) is 6.21. The second-order valence-corrected chi connectivity index (χ2v) is 9.38. The number of aromatic nitrogens is 2. The van der Waals surface area contributed by atoms with Crippen LogP contribution in [0.4, 0.5) is 5.82 Å². The van der Waals surface area contributed by atoms with E-state index in [1.807, 2.05) is 11.3 Å². The van der Waals surface area contributed by atoms with Crippen molar-refractivity contribution in [1.29, 1.82) is 0 Å². The first-order valence-electron chi connectivity index (χ1n) is 10.6. The van der Waals surface area contributed by atoms with Crippen LogP contribution in [-0.2, 0) is 19.4 Å². The highest BCUT2D eigenvalue weighted by Gasteiger charge is 2.23. The fraction of sp³-hybridized carbons (Fsp3) is 0.478. The number of piperidine rings is 1. The first-order valence-corrected chi connectivity index (χ1v) is 11.4. The van der Waals surface area contributed by atoms with Crippen molar-refractivity contribution >= 4 is 27.4 Å². The van der Waals surface area contributed by atoms with E-state index in [1.165, 1.54) is 70.3 Å². The van der Waals surface area contributed by atoms with Gasteiger partial charge < -0.3 is 5.32 Å². The van der Waals surface area contributed by atoms with Crippen molar-refractivity contribution in [3.63, 3.8) is 0 Å². The fourth-order valence-electron chi connectivity index (χ4n) is 4.58. The third kappa shape index (κ3) is 3.65. The first-order chi connectivity index (χ1) is 13.8. The number of hydrogen-bond acceptors (Lipinski definition) is 5. The summed E-state index contributed by atoms with van der Waals surface area (Å²) < 4.78 is 0. The average molecular weight is 393 g/mol. The second kappa shape index (κ2) is 7.80. The van der Waals surface area contributed by atoms with Gasteiger partial charge in [-0.2, -0.15) is 0 Å². The lowest BCUT2D eigenvalue weighted by Gasteiger charge is -2.32. The van der Waals surface area contributed by atoms with Gasteiger partial charge in [0.25, 0.3) is 0 Å². The lowest BCUT2D eigenvalue weighted by molar-refractivity contribution is 0.211. The molecular weight excluding hydrogens is 364 g/mol. The van der Waals surface area contributed by atoms with Gasteiger partial charge in [0.2, 0.25) is 0 Å². The predicted molar refractivity (Wildman–Crippen MR) is 117 cm³/mol. The maximum atomic E-state index is 4.65. The van der Waals surface area contributed by atoms with Crippen molar-refractivity contribution in [2.24, 2.45) is 0 Å². The van der Waals surface area contributed by atoms with Crippen molar-refractivity contribution < 1.29 is 0 Å². The summed E-state index contributed by atoms with van der Waals surface area (Å²) in [4.78, 5) is 14.5. The Morgan fingerprint density at radius 2 is 1.86 bits per heavy atom. The van der Waals surface area contributed by atoms with E-state index in [2.05, 4.69) is 51.4 Å². The Morgan fingerprint density at radius 1 is 1.07 bits per heavy atom. The summed E-state index contributed by atoms with van der Waals surface area (Å²) in [6, 6.07) is 9.46. The van der Waals surface area contributed by atoms with E-state index >= 15 is 0 Å². The summed E-state index contributed by atoms with van der Waals surface area (Å²) in [6.07, 6.45) is 9.09. The molecular formula is C23H28N4S. The molecule has 1 saturated heterocycles. The fourth-order valence-corrected chi connectivity index (χ4v) is 5.81. The standard InChI is InChI=1S/C23H28N4S/c1-16-6-8-17(9-7-16)14-27-12-10-18(11-13-27)26-22-21-19-4-2-3-5-20(19)28-23(21)25-15-24-22/h6-9,15,18H,2-5,10-14H2,1H3,(H,24,25,26). The molecule has 0 bridgehead atoms. The van der Waals surface area contributed by atoms with Crippen LogP contribution >= 0.6 is 11.3 Å². The Balaban J connectivity index is 1.25. The van der Waals surface area contributed by atoms with Crippen LogP contribution in [0.3, 0.4) is 0 Å². The molecule has 1 aliphatic carbocycles. The number of likely N-dealkylation sites (tertiary alicyclic amines) is 1. The van der Waals surface area contributed by atoms with Gasteiger partial charge in [0.15, 0.2) is 0 Å². The molecule has 2 aliphatic rings. The SMILES string of the molecule is Cc1ccc(CN2CCC(Nc3ncnc4sc5c(c34)CCCC5)CC2)cc1. The van der Waals surface area contributed by atoms with E-state index in [9.17, 15) is 0 Å². The van der Waals surface area contributed by atoms with Crippen LogP contribution < -0.4 is 5.32 Å². The van der Waals surface area contributed by atoms with Crippen molar-refractivity contribution in [3.05, 3.63) is 52.2 Å². The molecule has 5 rings (SSSR count). The van der Waals surface area contributed by atoms with E-state index in [-0.39, 0.29) is 0 Å². The molecule has 0 atom stereocenters. The highest BCUT2D eigenvalue weighted by molar-refractivity contribution is 7.19. The highest BCUT2D eigenvalue weighted by Crippen LogP contribution is 2.38. The maximum Gasteiger partial charge on any atom is 0.138 e. The summed E-state index contributed by atoms with van der Waals surface area (Å²) in [5.74, 6) is 1.07. The van der Waals surface area contributed by atoms with E-state index in [0.29, 0.717) is 6.04 Å². The molecule has 1 N–H and O–H groups in total. The van der Waals surface area contributed by atoms with E-state index < -0.39 is 0 Å². The van der Waals surface area contributed by atoms with E-state index in [0.717, 1.165) is 25.5 Å². The van der Waals surface area contributed by atoms with Crippen LogP contribution in [0, 0.1) is 6.92 Å². The number of nitrogens with zero attached hydrogens (tertiary/aromatic N) is 3. The molecule has 0 amide bonds. The smallest absolute Gasteiger partial charge is 0.138 e. The van der Waals surface area contributed by atoms with Crippen molar-refractivity contribution in [1.82, 2.24) is 14.9 Å². The largest absolute Gasteiger partial charge is 0.367 e. The number of benzene rings is 1. The van der Waals surface area contributed by atoms with Gasteiger partial charge >= 0.3 is 0 Å². The molecule has 3 heterocycles. The summed E-state index contributed by atoms with van der Waals surface area (Å²) in [6.45, 7) is 5.49. The molecule has 0 radical (unpaired) electrons.